The van der Waals surface area contributed by atoms with Gasteiger partial charge in [-0.15, -0.1) is 3.89 Å². The first-order valence-corrected chi connectivity index (χ1v) is 7.68. The van der Waals surface area contributed by atoms with Crippen LogP contribution >= 0.6 is 12.3 Å². The van der Waals surface area contributed by atoms with Crippen molar-refractivity contribution in [1.29, 1.82) is 0 Å². The molecule has 1 aromatic carbocycles. The Labute approximate surface area is 135 Å². The van der Waals surface area contributed by atoms with Crippen molar-refractivity contribution < 1.29 is 17.5 Å². The highest BCUT2D eigenvalue weighted by Gasteiger charge is 2.47. The van der Waals surface area contributed by atoms with Gasteiger partial charge in [0.05, 0.1) is 11.9 Å². The molecule has 0 aliphatic heterocycles. The van der Waals surface area contributed by atoms with Crippen molar-refractivity contribution in [3.8, 4) is 11.4 Å². The standard InChI is InChI=1S/C15H14F3N3OS/c1-9-2-3-10(4-12(9)20-8-22)14-19-7-13(21(14)23-18)11-5-15(16,17)6-11/h2-4,7-8,11H,5-6H2,1H3,(H,20,22). The zero-order valence-corrected chi connectivity index (χ0v) is 13.0. The number of halogens is 3. The summed E-state index contributed by atoms with van der Waals surface area (Å²) in [5.74, 6) is -2.74. The molecule has 122 valence electrons. The van der Waals surface area contributed by atoms with Gasteiger partial charge in [-0.05, 0) is 18.6 Å². The van der Waals surface area contributed by atoms with Gasteiger partial charge in [0.25, 0.3) is 0 Å². The van der Waals surface area contributed by atoms with Gasteiger partial charge in [0.15, 0.2) is 18.2 Å². The summed E-state index contributed by atoms with van der Waals surface area (Å²) < 4.78 is 40.7. The van der Waals surface area contributed by atoms with Crippen molar-refractivity contribution in [1.82, 2.24) is 8.96 Å². The maximum atomic E-state index is 13.4. The number of aromatic nitrogens is 2. The minimum absolute atomic E-state index is 0.0560. The zero-order chi connectivity index (χ0) is 16.6. The predicted octanol–water partition coefficient (Wildman–Crippen LogP) is 4.32. The Kier molecular flexibility index (Phi) is 4.09. The molecule has 8 heteroatoms. The van der Waals surface area contributed by atoms with Gasteiger partial charge < -0.3 is 5.32 Å². The lowest BCUT2D eigenvalue weighted by Crippen LogP contribution is -2.34. The number of carbonyl (C=O) groups is 1. The molecule has 0 radical (unpaired) electrons. The molecule has 2 aromatic rings. The van der Waals surface area contributed by atoms with Crippen LogP contribution in [-0.4, -0.2) is 21.3 Å². The van der Waals surface area contributed by atoms with Crippen LogP contribution in [0.2, 0.25) is 0 Å². The van der Waals surface area contributed by atoms with E-state index in [0.717, 1.165) is 5.56 Å². The molecule has 1 N–H and O–H groups in total. The Morgan fingerprint density at radius 2 is 2.17 bits per heavy atom. The average molecular weight is 341 g/mol. The fourth-order valence-electron chi connectivity index (χ4n) is 2.74. The van der Waals surface area contributed by atoms with Gasteiger partial charge >= 0.3 is 0 Å². The second-order valence-electron chi connectivity index (χ2n) is 5.62. The summed E-state index contributed by atoms with van der Waals surface area (Å²) in [7, 11) is 0. The van der Waals surface area contributed by atoms with Gasteiger partial charge in [-0.2, -0.15) is 0 Å². The third-order valence-corrected chi connectivity index (χ3v) is 4.56. The number of rotatable bonds is 5. The molecule has 0 spiro atoms. The van der Waals surface area contributed by atoms with Crippen LogP contribution < -0.4 is 5.32 Å². The average Bonchev–Trinajstić information content (AvgIpc) is 2.90. The van der Waals surface area contributed by atoms with Crippen LogP contribution in [0, 0.1) is 6.92 Å². The molecule has 23 heavy (non-hydrogen) atoms. The van der Waals surface area contributed by atoms with Crippen LogP contribution in [0.3, 0.4) is 0 Å². The van der Waals surface area contributed by atoms with Crippen molar-refractivity contribution in [2.24, 2.45) is 0 Å². The minimum Gasteiger partial charge on any atom is -0.328 e. The maximum Gasteiger partial charge on any atom is 0.249 e. The highest BCUT2D eigenvalue weighted by Crippen LogP contribution is 2.49. The molecule has 3 rings (SSSR count). The lowest BCUT2D eigenvalue weighted by molar-refractivity contribution is -0.105. The van der Waals surface area contributed by atoms with Crippen LogP contribution in [0.15, 0.2) is 24.4 Å². The Morgan fingerprint density at radius 3 is 2.78 bits per heavy atom. The van der Waals surface area contributed by atoms with Crippen LogP contribution in [0.25, 0.3) is 11.4 Å². The number of benzene rings is 1. The number of imidazole rings is 1. The molecule has 1 amide bonds. The van der Waals surface area contributed by atoms with Crippen LogP contribution in [0.1, 0.15) is 30.0 Å². The van der Waals surface area contributed by atoms with Crippen molar-refractivity contribution in [2.75, 3.05) is 5.32 Å². The van der Waals surface area contributed by atoms with Crippen LogP contribution in [-0.2, 0) is 4.79 Å². The fraction of sp³-hybridized carbons (Fsp3) is 0.333. The third kappa shape index (κ3) is 2.95. The summed E-state index contributed by atoms with van der Waals surface area (Å²) in [6, 6.07) is 5.21. The second kappa shape index (κ2) is 5.92. The summed E-state index contributed by atoms with van der Waals surface area (Å²) >= 11 is -0.0560. The lowest BCUT2D eigenvalue weighted by atomic mass is 9.79. The molecule has 0 bridgehead atoms. The summed E-state index contributed by atoms with van der Waals surface area (Å²) in [6.45, 7) is 1.83. The maximum absolute atomic E-state index is 13.4. The number of hydrogen-bond acceptors (Lipinski definition) is 3. The number of nitrogens with one attached hydrogen (secondary N) is 1. The largest absolute Gasteiger partial charge is 0.328 e. The van der Waals surface area contributed by atoms with Crippen LogP contribution in [0.5, 0.6) is 0 Å². The quantitative estimate of drug-likeness (QED) is 0.824. The van der Waals surface area contributed by atoms with E-state index in [1.807, 2.05) is 6.92 Å². The molecule has 1 aromatic heterocycles. The number of aryl methyl sites for hydroxylation is 1. The lowest BCUT2D eigenvalue weighted by Gasteiger charge is -2.34. The highest BCUT2D eigenvalue weighted by atomic mass is 32.2. The molecule has 0 unspecified atom stereocenters. The zero-order valence-electron chi connectivity index (χ0n) is 12.2. The van der Waals surface area contributed by atoms with E-state index in [0.29, 0.717) is 29.2 Å². The van der Waals surface area contributed by atoms with E-state index in [4.69, 9.17) is 0 Å². The molecule has 4 nitrogen and oxygen atoms in total. The van der Waals surface area contributed by atoms with E-state index in [1.165, 1.54) is 10.2 Å². The monoisotopic (exact) mass is 341 g/mol. The van der Waals surface area contributed by atoms with Gasteiger partial charge in [0.1, 0.15) is 0 Å². The molecule has 1 saturated carbocycles. The van der Waals surface area contributed by atoms with Crippen molar-refractivity contribution >= 4 is 24.4 Å². The van der Waals surface area contributed by atoms with E-state index >= 15 is 0 Å². The van der Waals surface area contributed by atoms with E-state index in [-0.39, 0.29) is 25.2 Å². The molecule has 1 heterocycles. The number of hydrogen-bond donors (Lipinski definition) is 1. The Morgan fingerprint density at radius 1 is 1.43 bits per heavy atom. The van der Waals surface area contributed by atoms with E-state index in [1.54, 1.807) is 18.2 Å². The molecular formula is C15H14F3N3OS. The van der Waals surface area contributed by atoms with Gasteiger partial charge in [-0.25, -0.2) is 17.7 Å². The number of anilines is 1. The minimum atomic E-state index is -2.67. The molecule has 1 aliphatic rings. The first-order valence-electron chi connectivity index (χ1n) is 7.01. The van der Waals surface area contributed by atoms with Gasteiger partial charge in [0, 0.05) is 30.0 Å². The number of nitrogens with zero attached hydrogens (tertiary/aromatic N) is 2. The number of amides is 1. The molecule has 1 aliphatic carbocycles. The second-order valence-corrected chi connectivity index (χ2v) is 6.13. The number of carbonyl (C=O) groups excluding carboxylic acids is 1. The summed E-state index contributed by atoms with van der Waals surface area (Å²) in [6.07, 6.45) is 1.42. The Bertz CT molecular complexity index is 740. The van der Waals surface area contributed by atoms with E-state index < -0.39 is 11.8 Å². The predicted molar refractivity (Wildman–Crippen MR) is 83.1 cm³/mol. The molecule has 1 fully saturated rings. The van der Waals surface area contributed by atoms with E-state index in [2.05, 4.69) is 10.3 Å². The highest BCUT2D eigenvalue weighted by molar-refractivity contribution is 7.92. The normalized spacial score (nSPS) is 16.9. The number of alkyl halides is 2. The first kappa shape index (κ1) is 15.9. The molecular weight excluding hydrogens is 327 g/mol. The third-order valence-electron chi connectivity index (χ3n) is 4.03. The topological polar surface area (TPSA) is 46.9 Å². The Hall–Kier alpha value is -1.96. The van der Waals surface area contributed by atoms with Gasteiger partial charge in [0.2, 0.25) is 12.3 Å². The van der Waals surface area contributed by atoms with Gasteiger partial charge in [-0.3, -0.25) is 4.79 Å². The summed E-state index contributed by atoms with van der Waals surface area (Å²) in [4.78, 5) is 14.8. The van der Waals surface area contributed by atoms with Crippen molar-refractivity contribution in [3.63, 3.8) is 0 Å². The van der Waals surface area contributed by atoms with Gasteiger partial charge in [-0.1, -0.05) is 12.1 Å². The molecule has 0 atom stereocenters. The van der Waals surface area contributed by atoms with E-state index in [9.17, 15) is 17.5 Å². The smallest absolute Gasteiger partial charge is 0.249 e. The van der Waals surface area contributed by atoms with Crippen molar-refractivity contribution in [3.05, 3.63) is 35.7 Å². The van der Waals surface area contributed by atoms with Crippen LogP contribution in [0.4, 0.5) is 18.4 Å². The first-order chi connectivity index (χ1) is 10.9. The fourth-order valence-corrected chi connectivity index (χ4v) is 3.23. The molecule has 0 saturated heterocycles. The Balaban J connectivity index is 1.96. The van der Waals surface area contributed by atoms with Crippen molar-refractivity contribution in [2.45, 2.75) is 31.6 Å². The summed E-state index contributed by atoms with van der Waals surface area (Å²) in [5.41, 5.74) is 2.49. The summed E-state index contributed by atoms with van der Waals surface area (Å²) in [5, 5.41) is 2.57. The SMILES string of the molecule is Cc1ccc(-c2ncc(C3CC(F)(F)C3)n2SF)cc1NC=O.